The van der Waals surface area contributed by atoms with E-state index in [0.717, 1.165) is 5.56 Å². The first kappa shape index (κ1) is 11.8. The molecule has 1 aromatic rings. The zero-order valence-electron chi connectivity index (χ0n) is 8.40. The van der Waals surface area contributed by atoms with Crippen LogP contribution in [0.1, 0.15) is 12.0 Å². The van der Waals surface area contributed by atoms with Gasteiger partial charge in [0.1, 0.15) is 5.75 Å². The van der Waals surface area contributed by atoms with E-state index in [9.17, 15) is 5.11 Å². The Labute approximate surface area is 93.9 Å². The molecule has 0 aromatic heterocycles. The number of rotatable bonds is 4. The Morgan fingerprint density at radius 1 is 1.60 bits per heavy atom. The molecule has 0 aliphatic carbocycles. The average molecular weight is 226 g/mol. The minimum Gasteiger partial charge on any atom is -0.495 e. The summed E-state index contributed by atoms with van der Waals surface area (Å²) in [6.07, 6.45) is -0.0829. The van der Waals surface area contributed by atoms with E-state index in [-0.39, 0.29) is 6.42 Å². The van der Waals surface area contributed by atoms with Crippen molar-refractivity contribution in [2.24, 2.45) is 0 Å². The van der Waals surface area contributed by atoms with Gasteiger partial charge in [0, 0.05) is 0 Å². The van der Waals surface area contributed by atoms with Crippen molar-refractivity contribution in [3.63, 3.8) is 0 Å². The van der Waals surface area contributed by atoms with Gasteiger partial charge in [-0.05, 0) is 24.1 Å². The van der Waals surface area contributed by atoms with Crippen LogP contribution in [0.15, 0.2) is 18.2 Å². The van der Waals surface area contributed by atoms with Crippen LogP contribution < -0.4 is 4.74 Å². The second-order valence-corrected chi connectivity index (χ2v) is 3.60. The summed E-state index contributed by atoms with van der Waals surface area (Å²) >= 11 is 5.92. The number of methoxy groups -OCH3 is 1. The van der Waals surface area contributed by atoms with Crippen LogP contribution in [0.3, 0.4) is 0 Å². The number of nitriles is 1. The smallest absolute Gasteiger partial charge is 0.137 e. The van der Waals surface area contributed by atoms with Crippen molar-refractivity contribution < 1.29 is 9.84 Å². The summed E-state index contributed by atoms with van der Waals surface area (Å²) in [6, 6.07) is 7.23. The summed E-state index contributed by atoms with van der Waals surface area (Å²) in [4.78, 5) is 0. The van der Waals surface area contributed by atoms with Gasteiger partial charge in [0.05, 0.1) is 30.7 Å². The maximum atomic E-state index is 9.42. The first-order chi connectivity index (χ1) is 7.17. The third-order valence-electron chi connectivity index (χ3n) is 2.01. The van der Waals surface area contributed by atoms with Gasteiger partial charge in [-0.15, -0.1) is 0 Å². The van der Waals surface area contributed by atoms with Crippen LogP contribution in [-0.4, -0.2) is 18.3 Å². The molecule has 4 heteroatoms. The first-order valence-electron chi connectivity index (χ1n) is 4.54. The highest BCUT2D eigenvalue weighted by molar-refractivity contribution is 6.32. The predicted octanol–water partition coefficient (Wildman–Crippen LogP) is 2.17. The normalized spacial score (nSPS) is 11.9. The monoisotopic (exact) mass is 225 g/mol. The number of aliphatic hydroxyl groups is 1. The Bertz CT molecular complexity index is 373. The molecule has 0 spiro atoms. The van der Waals surface area contributed by atoms with Gasteiger partial charge in [0.25, 0.3) is 0 Å². The zero-order chi connectivity index (χ0) is 11.3. The van der Waals surface area contributed by atoms with Gasteiger partial charge in [0.2, 0.25) is 0 Å². The lowest BCUT2D eigenvalue weighted by atomic mass is 10.1. The molecule has 0 bridgehead atoms. The molecule has 0 radical (unpaired) electrons. The van der Waals surface area contributed by atoms with Gasteiger partial charge in [0.15, 0.2) is 0 Å². The third-order valence-corrected chi connectivity index (χ3v) is 2.31. The highest BCUT2D eigenvalue weighted by Crippen LogP contribution is 2.25. The van der Waals surface area contributed by atoms with Gasteiger partial charge in [-0.3, -0.25) is 0 Å². The van der Waals surface area contributed by atoms with Crippen LogP contribution in [0.5, 0.6) is 5.75 Å². The van der Waals surface area contributed by atoms with Crippen molar-refractivity contribution in [2.45, 2.75) is 18.9 Å². The number of halogens is 1. The largest absolute Gasteiger partial charge is 0.495 e. The van der Waals surface area contributed by atoms with Gasteiger partial charge < -0.3 is 9.84 Å². The molecule has 1 aromatic carbocycles. The third kappa shape index (κ3) is 3.43. The predicted molar refractivity (Wildman–Crippen MR) is 57.9 cm³/mol. The standard InChI is InChI=1S/C11H12ClNO2/c1-15-11-3-2-8(7-10(11)12)6-9(14)4-5-13/h2-3,7,9,14H,4,6H2,1H3. The molecular weight excluding hydrogens is 214 g/mol. The van der Waals surface area contributed by atoms with Crippen LogP contribution in [-0.2, 0) is 6.42 Å². The van der Waals surface area contributed by atoms with Crippen molar-refractivity contribution in [3.8, 4) is 11.8 Å². The second kappa shape index (κ2) is 5.59. The summed E-state index contributed by atoms with van der Waals surface area (Å²) in [5.41, 5.74) is 0.892. The molecule has 3 nitrogen and oxygen atoms in total. The van der Waals surface area contributed by atoms with Crippen molar-refractivity contribution >= 4 is 11.6 Å². The summed E-state index contributed by atoms with van der Waals surface area (Å²) < 4.78 is 5.01. The lowest BCUT2D eigenvalue weighted by molar-refractivity contribution is 0.180. The minimum absolute atomic E-state index is 0.129. The number of hydrogen-bond acceptors (Lipinski definition) is 3. The van der Waals surface area contributed by atoms with E-state index in [0.29, 0.717) is 17.2 Å². The van der Waals surface area contributed by atoms with Crippen LogP contribution in [0.4, 0.5) is 0 Å². The number of aliphatic hydroxyl groups excluding tert-OH is 1. The first-order valence-corrected chi connectivity index (χ1v) is 4.92. The number of ether oxygens (including phenoxy) is 1. The fourth-order valence-corrected chi connectivity index (χ4v) is 1.57. The molecule has 1 unspecified atom stereocenters. The van der Waals surface area contributed by atoms with E-state index in [1.807, 2.05) is 12.1 Å². The molecule has 1 N–H and O–H groups in total. The zero-order valence-corrected chi connectivity index (χ0v) is 9.16. The van der Waals surface area contributed by atoms with E-state index in [1.54, 1.807) is 19.2 Å². The fourth-order valence-electron chi connectivity index (χ4n) is 1.29. The summed E-state index contributed by atoms with van der Waals surface area (Å²) in [5, 5.41) is 18.3. The molecule has 0 saturated carbocycles. The minimum atomic E-state index is -0.639. The molecule has 1 atom stereocenters. The van der Waals surface area contributed by atoms with Crippen LogP contribution in [0, 0.1) is 11.3 Å². The SMILES string of the molecule is COc1ccc(CC(O)CC#N)cc1Cl. The average Bonchev–Trinajstić information content (AvgIpc) is 2.18. The topological polar surface area (TPSA) is 53.2 Å². The molecule has 0 aliphatic rings. The van der Waals surface area contributed by atoms with Gasteiger partial charge >= 0.3 is 0 Å². The van der Waals surface area contributed by atoms with E-state index in [1.165, 1.54) is 0 Å². The molecule has 0 aliphatic heterocycles. The van der Waals surface area contributed by atoms with Crippen LogP contribution >= 0.6 is 11.6 Å². The van der Waals surface area contributed by atoms with Crippen molar-refractivity contribution in [3.05, 3.63) is 28.8 Å². The Kier molecular flexibility index (Phi) is 4.41. The summed E-state index contributed by atoms with van der Waals surface area (Å²) in [6.45, 7) is 0. The van der Waals surface area contributed by atoms with Crippen LogP contribution in [0.2, 0.25) is 5.02 Å². The molecule has 0 heterocycles. The van der Waals surface area contributed by atoms with Gasteiger partial charge in [-0.2, -0.15) is 5.26 Å². The van der Waals surface area contributed by atoms with Crippen LogP contribution in [0.25, 0.3) is 0 Å². The lowest BCUT2D eigenvalue weighted by Gasteiger charge is -2.08. The van der Waals surface area contributed by atoms with Crippen molar-refractivity contribution in [2.75, 3.05) is 7.11 Å². The molecule has 80 valence electrons. The molecule has 1 rings (SSSR count). The van der Waals surface area contributed by atoms with E-state index in [2.05, 4.69) is 0 Å². The summed E-state index contributed by atoms with van der Waals surface area (Å²) in [5.74, 6) is 0.607. The van der Waals surface area contributed by atoms with Gasteiger partial charge in [-0.1, -0.05) is 17.7 Å². The molecule has 0 saturated heterocycles. The lowest BCUT2D eigenvalue weighted by Crippen LogP contribution is -2.09. The number of hydrogen-bond donors (Lipinski definition) is 1. The Hall–Kier alpha value is -1.24. The number of nitrogens with zero attached hydrogens (tertiary/aromatic N) is 1. The Morgan fingerprint density at radius 2 is 2.33 bits per heavy atom. The fraction of sp³-hybridized carbons (Fsp3) is 0.364. The highest BCUT2D eigenvalue weighted by Gasteiger charge is 2.07. The van der Waals surface area contributed by atoms with E-state index in [4.69, 9.17) is 21.6 Å². The number of benzene rings is 1. The molecular formula is C11H12ClNO2. The van der Waals surface area contributed by atoms with E-state index >= 15 is 0 Å². The van der Waals surface area contributed by atoms with Crippen molar-refractivity contribution in [1.82, 2.24) is 0 Å². The molecule has 0 amide bonds. The highest BCUT2D eigenvalue weighted by atomic mass is 35.5. The Morgan fingerprint density at radius 3 is 2.87 bits per heavy atom. The summed E-state index contributed by atoms with van der Waals surface area (Å²) in [7, 11) is 1.55. The molecule has 15 heavy (non-hydrogen) atoms. The second-order valence-electron chi connectivity index (χ2n) is 3.19. The van der Waals surface area contributed by atoms with Crippen molar-refractivity contribution in [1.29, 1.82) is 5.26 Å². The Balaban J connectivity index is 2.72. The maximum absolute atomic E-state index is 9.42. The van der Waals surface area contributed by atoms with Gasteiger partial charge in [-0.25, -0.2) is 0 Å². The molecule has 0 fully saturated rings. The van der Waals surface area contributed by atoms with E-state index < -0.39 is 6.10 Å². The maximum Gasteiger partial charge on any atom is 0.137 e. The quantitative estimate of drug-likeness (QED) is 0.855.